The lowest BCUT2D eigenvalue weighted by atomic mass is 9.97. The fourth-order valence-corrected chi connectivity index (χ4v) is 5.00. The number of aromatic nitrogens is 1. The number of carbonyl (C=O) groups excluding carboxylic acids is 2. The lowest BCUT2D eigenvalue weighted by Gasteiger charge is -2.32. The molecule has 2 amide bonds. The van der Waals surface area contributed by atoms with Gasteiger partial charge in [-0.3, -0.25) is 9.59 Å². The second-order valence-corrected chi connectivity index (χ2v) is 9.29. The highest BCUT2D eigenvalue weighted by molar-refractivity contribution is 7.09. The molecule has 1 aromatic carbocycles. The summed E-state index contributed by atoms with van der Waals surface area (Å²) in [5.41, 5.74) is 4.07. The summed E-state index contributed by atoms with van der Waals surface area (Å²) in [6.07, 6.45) is 4.92. The summed E-state index contributed by atoms with van der Waals surface area (Å²) in [6.45, 7) is 6.26. The van der Waals surface area contributed by atoms with Crippen LogP contribution >= 0.6 is 11.3 Å². The highest BCUT2D eigenvalue weighted by Crippen LogP contribution is 2.31. The summed E-state index contributed by atoms with van der Waals surface area (Å²) in [5, 5.41) is 6.22. The summed E-state index contributed by atoms with van der Waals surface area (Å²) >= 11 is 1.69. The number of hydrogen-bond donors (Lipinski definition) is 1. The Labute approximate surface area is 176 Å². The SMILES string of the molecule is Cc1ccc(C(=O)N2CCCC(c3nc(CCNC(=O)C4CC4)cs3)C2)c(C)c1. The number of nitrogens with one attached hydrogen (secondary N) is 1. The van der Waals surface area contributed by atoms with Crippen LogP contribution in [0.5, 0.6) is 0 Å². The number of hydrogen-bond acceptors (Lipinski definition) is 4. The third kappa shape index (κ3) is 4.86. The molecule has 0 spiro atoms. The average molecular weight is 412 g/mol. The Morgan fingerprint density at radius 2 is 2.07 bits per heavy atom. The van der Waals surface area contributed by atoms with Crippen molar-refractivity contribution in [1.29, 1.82) is 0 Å². The van der Waals surface area contributed by atoms with Gasteiger partial charge in [-0.1, -0.05) is 17.7 Å². The number of rotatable bonds is 6. The van der Waals surface area contributed by atoms with Gasteiger partial charge in [0.05, 0.1) is 10.7 Å². The van der Waals surface area contributed by atoms with E-state index in [1.54, 1.807) is 11.3 Å². The maximum Gasteiger partial charge on any atom is 0.254 e. The Morgan fingerprint density at radius 1 is 1.24 bits per heavy atom. The van der Waals surface area contributed by atoms with Crippen LogP contribution in [-0.4, -0.2) is 41.3 Å². The largest absolute Gasteiger partial charge is 0.355 e. The van der Waals surface area contributed by atoms with Crippen molar-refractivity contribution in [2.24, 2.45) is 5.92 Å². The van der Waals surface area contributed by atoms with Crippen LogP contribution in [0.25, 0.3) is 0 Å². The minimum Gasteiger partial charge on any atom is -0.355 e. The molecule has 1 aliphatic carbocycles. The number of amides is 2. The predicted octanol–water partition coefficient (Wildman–Crippen LogP) is 3.85. The van der Waals surface area contributed by atoms with Gasteiger partial charge >= 0.3 is 0 Å². The molecule has 1 saturated heterocycles. The summed E-state index contributed by atoms with van der Waals surface area (Å²) in [6, 6.07) is 6.04. The molecular formula is C23H29N3O2S. The number of piperidine rings is 1. The van der Waals surface area contributed by atoms with Gasteiger partial charge in [0.15, 0.2) is 0 Å². The fraction of sp³-hybridized carbons (Fsp3) is 0.522. The van der Waals surface area contributed by atoms with Crippen LogP contribution in [0.4, 0.5) is 0 Å². The van der Waals surface area contributed by atoms with Crippen molar-refractivity contribution in [1.82, 2.24) is 15.2 Å². The second-order valence-electron chi connectivity index (χ2n) is 8.40. The zero-order chi connectivity index (χ0) is 20.4. The molecule has 5 nitrogen and oxygen atoms in total. The van der Waals surface area contributed by atoms with Gasteiger partial charge in [-0.25, -0.2) is 4.98 Å². The number of nitrogens with zero attached hydrogens (tertiary/aromatic N) is 2. The van der Waals surface area contributed by atoms with Crippen molar-refractivity contribution >= 4 is 23.2 Å². The monoisotopic (exact) mass is 411 g/mol. The van der Waals surface area contributed by atoms with E-state index >= 15 is 0 Å². The molecule has 2 aliphatic rings. The molecule has 6 heteroatoms. The highest BCUT2D eigenvalue weighted by atomic mass is 32.1. The van der Waals surface area contributed by atoms with Crippen molar-refractivity contribution in [2.45, 2.75) is 51.9 Å². The van der Waals surface area contributed by atoms with Gasteiger partial charge in [0.25, 0.3) is 5.91 Å². The topological polar surface area (TPSA) is 62.3 Å². The Morgan fingerprint density at radius 3 is 2.83 bits per heavy atom. The maximum absolute atomic E-state index is 13.0. The summed E-state index contributed by atoms with van der Waals surface area (Å²) in [4.78, 5) is 31.6. The van der Waals surface area contributed by atoms with Crippen LogP contribution in [0, 0.1) is 19.8 Å². The van der Waals surface area contributed by atoms with Gasteiger partial charge in [-0.2, -0.15) is 0 Å². The summed E-state index contributed by atoms with van der Waals surface area (Å²) in [7, 11) is 0. The van der Waals surface area contributed by atoms with Crippen molar-refractivity contribution in [3.8, 4) is 0 Å². The van der Waals surface area contributed by atoms with Crippen LogP contribution in [0.3, 0.4) is 0 Å². The Hall–Kier alpha value is -2.21. The summed E-state index contributed by atoms with van der Waals surface area (Å²) < 4.78 is 0. The molecule has 1 aliphatic heterocycles. The van der Waals surface area contributed by atoms with Gasteiger partial charge < -0.3 is 10.2 Å². The molecular weight excluding hydrogens is 382 g/mol. The Balaban J connectivity index is 1.35. The molecule has 1 aromatic heterocycles. The first kappa shape index (κ1) is 20.1. The van der Waals surface area contributed by atoms with Gasteiger partial charge in [0.1, 0.15) is 0 Å². The molecule has 1 unspecified atom stereocenters. The molecule has 1 atom stereocenters. The summed E-state index contributed by atoms with van der Waals surface area (Å²) in [5.74, 6) is 0.877. The minimum absolute atomic E-state index is 0.131. The predicted molar refractivity (Wildman–Crippen MR) is 115 cm³/mol. The molecule has 0 bridgehead atoms. The van der Waals surface area contributed by atoms with E-state index in [-0.39, 0.29) is 17.7 Å². The molecule has 2 fully saturated rings. The smallest absolute Gasteiger partial charge is 0.254 e. The lowest BCUT2D eigenvalue weighted by Crippen LogP contribution is -2.39. The van der Waals surface area contributed by atoms with Gasteiger partial charge in [0, 0.05) is 48.8 Å². The first-order chi connectivity index (χ1) is 14.0. The zero-order valence-corrected chi connectivity index (χ0v) is 18.1. The standard InChI is InChI=1S/C23H29N3O2S/c1-15-5-8-20(16(2)12-15)23(28)26-11-3-4-18(13-26)22-25-19(14-29-22)9-10-24-21(27)17-6-7-17/h5,8,12,14,17-18H,3-4,6-7,9-11,13H2,1-2H3,(H,24,27). The number of thiazole rings is 1. The number of likely N-dealkylation sites (tertiary alicyclic amines) is 1. The van der Waals surface area contributed by atoms with Crippen molar-refractivity contribution in [3.05, 3.63) is 51.0 Å². The molecule has 2 heterocycles. The van der Waals surface area contributed by atoms with Crippen LogP contribution < -0.4 is 5.32 Å². The fourth-order valence-electron chi connectivity index (χ4n) is 4.02. The van der Waals surface area contributed by atoms with E-state index in [2.05, 4.69) is 23.7 Å². The molecule has 1 N–H and O–H groups in total. The average Bonchev–Trinajstić information content (AvgIpc) is 3.46. The van der Waals surface area contributed by atoms with Crippen molar-refractivity contribution < 1.29 is 9.59 Å². The lowest BCUT2D eigenvalue weighted by molar-refractivity contribution is -0.122. The van der Waals surface area contributed by atoms with Crippen LogP contribution in [0.15, 0.2) is 23.6 Å². The molecule has 2 aromatic rings. The van der Waals surface area contributed by atoms with Crippen molar-refractivity contribution in [3.63, 3.8) is 0 Å². The second kappa shape index (κ2) is 8.66. The van der Waals surface area contributed by atoms with Gasteiger partial charge in [0.2, 0.25) is 5.91 Å². The van der Waals surface area contributed by atoms with E-state index in [0.29, 0.717) is 12.5 Å². The van der Waals surface area contributed by atoms with Gasteiger partial charge in [-0.05, 0) is 51.2 Å². The third-order valence-corrected chi connectivity index (χ3v) is 6.92. The van der Waals surface area contributed by atoms with E-state index in [1.165, 1.54) is 5.56 Å². The maximum atomic E-state index is 13.0. The molecule has 29 heavy (non-hydrogen) atoms. The molecule has 0 radical (unpaired) electrons. The van der Waals surface area contributed by atoms with E-state index in [1.807, 2.05) is 24.0 Å². The Bertz CT molecular complexity index is 903. The van der Waals surface area contributed by atoms with Gasteiger partial charge in [-0.15, -0.1) is 11.3 Å². The van der Waals surface area contributed by atoms with E-state index in [4.69, 9.17) is 4.98 Å². The number of carbonyl (C=O) groups is 2. The first-order valence-corrected chi connectivity index (χ1v) is 11.5. The minimum atomic E-state index is 0.131. The molecule has 154 valence electrons. The van der Waals surface area contributed by atoms with E-state index in [0.717, 1.165) is 67.0 Å². The number of benzene rings is 1. The third-order valence-electron chi connectivity index (χ3n) is 5.87. The number of aryl methyl sites for hydroxylation is 2. The first-order valence-electron chi connectivity index (χ1n) is 10.6. The highest BCUT2D eigenvalue weighted by Gasteiger charge is 2.29. The van der Waals surface area contributed by atoms with Crippen LogP contribution in [-0.2, 0) is 11.2 Å². The van der Waals surface area contributed by atoms with Crippen LogP contribution in [0.2, 0.25) is 0 Å². The van der Waals surface area contributed by atoms with Crippen molar-refractivity contribution in [2.75, 3.05) is 19.6 Å². The van der Waals surface area contributed by atoms with Crippen LogP contribution in [0.1, 0.15) is 63.8 Å². The zero-order valence-electron chi connectivity index (χ0n) is 17.2. The molecule has 4 rings (SSSR count). The van der Waals surface area contributed by atoms with E-state index in [9.17, 15) is 9.59 Å². The quantitative estimate of drug-likeness (QED) is 0.785. The Kier molecular flexibility index (Phi) is 5.99. The normalized spacial score (nSPS) is 19.2. The molecule has 1 saturated carbocycles. The van der Waals surface area contributed by atoms with E-state index < -0.39 is 0 Å².